The van der Waals surface area contributed by atoms with Crippen LogP contribution < -0.4 is 21.7 Å². The lowest BCUT2D eigenvalue weighted by Crippen LogP contribution is -2.58. The molecule has 0 aromatic carbocycles. The summed E-state index contributed by atoms with van der Waals surface area (Å²) in [5, 5.41) is 7.95. The van der Waals surface area contributed by atoms with Gasteiger partial charge in [-0.15, -0.1) is 0 Å². The zero-order valence-electron chi connectivity index (χ0n) is 21.7. The summed E-state index contributed by atoms with van der Waals surface area (Å²) in [6.45, 7) is 18.0. The third-order valence-electron chi connectivity index (χ3n) is 5.43. The molecule has 1 aliphatic heterocycles. The minimum atomic E-state index is -1.17. The van der Waals surface area contributed by atoms with Gasteiger partial charge in [-0.05, 0) is 48.0 Å². The van der Waals surface area contributed by atoms with Gasteiger partial charge in [0.15, 0.2) is 5.78 Å². The number of amides is 3. The average Bonchev–Trinajstić information content (AvgIpc) is 3.50. The average molecular weight is 489 g/mol. The number of carbonyl (C=O) groups excluding carboxylic acids is 4. The maximum Gasteiger partial charge on any atom is 0.243 e. The van der Waals surface area contributed by atoms with Crippen LogP contribution in [0.2, 0.25) is 0 Å². The number of hydrogen-bond acceptors (Lipinski definition) is 6. The monoisotopic (exact) mass is 488 g/mol. The van der Waals surface area contributed by atoms with Crippen molar-refractivity contribution in [2.45, 2.75) is 83.6 Å². The van der Waals surface area contributed by atoms with E-state index in [0.29, 0.717) is 11.1 Å². The van der Waals surface area contributed by atoms with Crippen LogP contribution in [-0.4, -0.2) is 59.4 Å². The highest BCUT2D eigenvalue weighted by atomic mass is 16.6. The van der Waals surface area contributed by atoms with Crippen molar-refractivity contribution < 1.29 is 23.9 Å². The van der Waals surface area contributed by atoms with Crippen LogP contribution in [0, 0.1) is 0 Å². The Balaban J connectivity index is 3.07. The Morgan fingerprint density at radius 1 is 0.971 bits per heavy atom. The standard InChI is InChI=1S/C26H40N4O5/c1-9-11-16(3)13-19(21(31)26(8)15-35-26)29-23(33)20(14-17(4)12-10-2)30-22(32)18(5)28-24(34)25(6,7)27/h9-12,18-20H,3-4,13-15,27H2,1-2,5-8H3,(H,28,34)(H,29,33)(H,30,32)/b11-9-,12-10-. The van der Waals surface area contributed by atoms with Gasteiger partial charge in [0.25, 0.3) is 0 Å². The first-order valence-electron chi connectivity index (χ1n) is 11.6. The summed E-state index contributed by atoms with van der Waals surface area (Å²) in [7, 11) is 0. The summed E-state index contributed by atoms with van der Waals surface area (Å²) >= 11 is 0. The highest BCUT2D eigenvalue weighted by Crippen LogP contribution is 2.29. The molecule has 0 radical (unpaired) electrons. The zero-order valence-corrected chi connectivity index (χ0v) is 21.7. The second-order valence-corrected chi connectivity index (χ2v) is 9.65. The van der Waals surface area contributed by atoms with Crippen LogP contribution in [0.15, 0.2) is 48.6 Å². The summed E-state index contributed by atoms with van der Waals surface area (Å²) in [5.74, 6) is -1.91. The predicted octanol–water partition coefficient (Wildman–Crippen LogP) is 1.60. The number of nitrogens with one attached hydrogen (secondary N) is 3. The van der Waals surface area contributed by atoms with Crippen molar-refractivity contribution in [1.29, 1.82) is 0 Å². The zero-order chi connectivity index (χ0) is 27.0. The molecule has 1 fully saturated rings. The van der Waals surface area contributed by atoms with Gasteiger partial charge in [-0.3, -0.25) is 19.2 Å². The number of hydrogen-bond donors (Lipinski definition) is 4. The van der Waals surface area contributed by atoms with Gasteiger partial charge < -0.3 is 26.4 Å². The number of nitrogens with two attached hydrogens (primary N) is 1. The quantitative estimate of drug-likeness (QED) is 0.216. The highest BCUT2D eigenvalue weighted by Gasteiger charge is 2.50. The maximum atomic E-state index is 13.3. The van der Waals surface area contributed by atoms with E-state index in [0.717, 1.165) is 0 Å². The van der Waals surface area contributed by atoms with Gasteiger partial charge in [-0.25, -0.2) is 0 Å². The van der Waals surface area contributed by atoms with Gasteiger partial charge in [-0.2, -0.15) is 0 Å². The van der Waals surface area contributed by atoms with E-state index in [4.69, 9.17) is 10.5 Å². The molecule has 1 rings (SSSR count). The second-order valence-electron chi connectivity index (χ2n) is 9.65. The Kier molecular flexibility index (Phi) is 10.8. The molecular weight excluding hydrogens is 448 g/mol. The Labute approximate surface area is 208 Å². The molecule has 0 spiro atoms. The van der Waals surface area contributed by atoms with Gasteiger partial charge in [0.1, 0.15) is 17.7 Å². The van der Waals surface area contributed by atoms with Crippen molar-refractivity contribution in [3.05, 3.63) is 48.6 Å². The SMILES string of the molecule is C=C(/C=C\C)CC(NC(=O)C(C)NC(=O)C(C)(C)N)C(=O)NC(CC(=C)/C=C\C)C(=O)C1(C)CO1. The van der Waals surface area contributed by atoms with Crippen LogP contribution >= 0.6 is 0 Å². The largest absolute Gasteiger partial charge is 0.361 e. The van der Waals surface area contributed by atoms with E-state index in [-0.39, 0.29) is 25.2 Å². The molecule has 0 saturated carbocycles. The summed E-state index contributed by atoms with van der Waals surface area (Å²) < 4.78 is 5.29. The number of carbonyl (C=O) groups is 4. The molecular formula is C26H40N4O5. The van der Waals surface area contributed by atoms with Crippen LogP contribution in [-0.2, 0) is 23.9 Å². The molecule has 1 heterocycles. The Hall–Kier alpha value is -3.04. The molecule has 4 unspecified atom stereocenters. The number of Topliss-reactive ketones (excluding diaryl/α,β-unsaturated/α-hetero) is 1. The van der Waals surface area contributed by atoms with E-state index in [2.05, 4.69) is 29.1 Å². The molecule has 0 aliphatic carbocycles. The van der Waals surface area contributed by atoms with Gasteiger partial charge in [0, 0.05) is 6.42 Å². The number of rotatable bonds is 14. The summed E-state index contributed by atoms with van der Waals surface area (Å²) in [5.41, 5.74) is 4.92. The molecule has 0 bridgehead atoms. The van der Waals surface area contributed by atoms with Crippen LogP contribution in [0.3, 0.4) is 0 Å². The van der Waals surface area contributed by atoms with Gasteiger partial charge in [0.05, 0.1) is 18.2 Å². The Bertz CT molecular complexity index is 909. The fourth-order valence-corrected chi connectivity index (χ4v) is 3.19. The normalized spacial score (nSPS) is 20.1. The van der Waals surface area contributed by atoms with Crippen molar-refractivity contribution in [2.24, 2.45) is 5.73 Å². The second kappa shape index (κ2) is 12.6. The first kappa shape index (κ1) is 30.0. The predicted molar refractivity (Wildman–Crippen MR) is 136 cm³/mol. The molecule has 3 amide bonds. The number of allylic oxidation sites excluding steroid dienone is 4. The summed E-state index contributed by atoms with van der Waals surface area (Å²) in [6, 6.07) is -2.86. The lowest BCUT2D eigenvalue weighted by atomic mass is 9.94. The number of ketones is 1. The van der Waals surface area contributed by atoms with Crippen LogP contribution in [0.1, 0.15) is 54.4 Å². The number of ether oxygens (including phenoxy) is 1. The van der Waals surface area contributed by atoms with E-state index in [9.17, 15) is 19.2 Å². The molecule has 1 aliphatic rings. The molecule has 0 aromatic rings. The summed E-state index contributed by atoms with van der Waals surface area (Å²) in [6.07, 6.45) is 7.36. The van der Waals surface area contributed by atoms with Crippen molar-refractivity contribution >= 4 is 23.5 Å². The molecule has 9 heteroatoms. The van der Waals surface area contributed by atoms with Crippen molar-refractivity contribution in [2.75, 3.05) is 6.61 Å². The van der Waals surface area contributed by atoms with E-state index in [1.165, 1.54) is 20.8 Å². The molecule has 194 valence electrons. The molecule has 5 N–H and O–H groups in total. The lowest BCUT2D eigenvalue weighted by Gasteiger charge is -2.26. The minimum absolute atomic E-state index is 0.107. The van der Waals surface area contributed by atoms with E-state index in [1.54, 1.807) is 31.2 Å². The summed E-state index contributed by atoms with van der Waals surface area (Å²) in [4.78, 5) is 51.3. The first-order chi connectivity index (χ1) is 16.1. The van der Waals surface area contributed by atoms with E-state index in [1.807, 2.05) is 13.8 Å². The van der Waals surface area contributed by atoms with Crippen LogP contribution in [0.4, 0.5) is 0 Å². The smallest absolute Gasteiger partial charge is 0.243 e. The maximum absolute atomic E-state index is 13.3. The van der Waals surface area contributed by atoms with Gasteiger partial charge in [0.2, 0.25) is 17.7 Å². The molecule has 0 aromatic heterocycles. The van der Waals surface area contributed by atoms with Crippen molar-refractivity contribution in [1.82, 2.24) is 16.0 Å². The third kappa shape index (κ3) is 9.62. The number of epoxide rings is 1. The molecule has 9 nitrogen and oxygen atoms in total. The Morgan fingerprint density at radius 2 is 1.43 bits per heavy atom. The first-order valence-corrected chi connectivity index (χ1v) is 11.6. The Morgan fingerprint density at radius 3 is 1.86 bits per heavy atom. The minimum Gasteiger partial charge on any atom is -0.361 e. The molecule has 1 saturated heterocycles. The van der Waals surface area contributed by atoms with E-state index < -0.39 is 47.0 Å². The van der Waals surface area contributed by atoms with Gasteiger partial charge >= 0.3 is 0 Å². The van der Waals surface area contributed by atoms with Crippen LogP contribution in [0.25, 0.3) is 0 Å². The third-order valence-corrected chi connectivity index (χ3v) is 5.43. The molecule has 35 heavy (non-hydrogen) atoms. The van der Waals surface area contributed by atoms with Crippen LogP contribution in [0.5, 0.6) is 0 Å². The van der Waals surface area contributed by atoms with E-state index >= 15 is 0 Å². The van der Waals surface area contributed by atoms with Gasteiger partial charge in [-0.1, -0.05) is 48.6 Å². The lowest BCUT2D eigenvalue weighted by molar-refractivity contribution is -0.134. The fourth-order valence-electron chi connectivity index (χ4n) is 3.19. The highest BCUT2D eigenvalue weighted by molar-refractivity contribution is 5.98. The topological polar surface area (TPSA) is 143 Å². The fraction of sp³-hybridized carbons (Fsp3) is 0.538. The van der Waals surface area contributed by atoms with Crippen molar-refractivity contribution in [3.8, 4) is 0 Å². The molecule has 4 atom stereocenters. The van der Waals surface area contributed by atoms with Crippen molar-refractivity contribution in [3.63, 3.8) is 0 Å².